The normalized spacial score (nSPS) is 16.8. The molecule has 0 atom stereocenters. The van der Waals surface area contributed by atoms with Crippen LogP contribution in [0.4, 0.5) is 0 Å². The molecule has 0 unspecified atom stereocenters. The molecule has 1 aliphatic heterocycles. The van der Waals surface area contributed by atoms with Crippen molar-refractivity contribution in [2.24, 2.45) is 0 Å². The van der Waals surface area contributed by atoms with Gasteiger partial charge in [-0.05, 0) is 12.1 Å². The van der Waals surface area contributed by atoms with Crippen LogP contribution in [0.15, 0.2) is 36.9 Å². The van der Waals surface area contributed by atoms with Crippen molar-refractivity contribution in [1.82, 2.24) is 24.1 Å². The van der Waals surface area contributed by atoms with E-state index in [0.29, 0.717) is 13.1 Å². The zero-order valence-electron chi connectivity index (χ0n) is 13.8. The number of carboxylic acid groups (broad SMARTS) is 1. The molecule has 130 valence electrons. The van der Waals surface area contributed by atoms with Crippen LogP contribution in [-0.2, 0) is 10.3 Å². The van der Waals surface area contributed by atoms with Gasteiger partial charge in [-0.25, -0.2) is 9.29 Å². The number of carboxylic acids is 1. The van der Waals surface area contributed by atoms with Gasteiger partial charge in [0.05, 0.1) is 12.6 Å². The molecule has 0 radical (unpaired) electrons. The SMILES string of the molecule is CCSN1CC(CC(=O)O)(n2cc(-c3c[nH]c4ncccc34)cn2)C1. The fraction of sp³-hybridized carbons (Fsp3) is 0.353. The second-order valence-electron chi connectivity index (χ2n) is 6.29. The van der Waals surface area contributed by atoms with Gasteiger partial charge in [0.25, 0.3) is 0 Å². The second kappa shape index (κ2) is 6.20. The van der Waals surface area contributed by atoms with E-state index in [1.165, 1.54) is 0 Å². The van der Waals surface area contributed by atoms with Gasteiger partial charge in [-0.3, -0.25) is 9.48 Å². The summed E-state index contributed by atoms with van der Waals surface area (Å²) in [5.74, 6) is 0.185. The third-order valence-corrected chi connectivity index (χ3v) is 5.45. The number of nitrogens with zero attached hydrogens (tertiary/aromatic N) is 4. The molecule has 1 fully saturated rings. The number of H-pyrrole nitrogens is 1. The fourth-order valence-corrected chi connectivity index (χ4v) is 4.45. The first-order valence-corrected chi connectivity index (χ1v) is 9.13. The van der Waals surface area contributed by atoms with Crippen molar-refractivity contribution in [2.75, 3.05) is 18.8 Å². The lowest BCUT2D eigenvalue weighted by molar-refractivity contribution is -0.141. The van der Waals surface area contributed by atoms with Crippen LogP contribution in [0.2, 0.25) is 0 Å². The molecule has 1 aliphatic rings. The van der Waals surface area contributed by atoms with E-state index in [0.717, 1.165) is 27.9 Å². The van der Waals surface area contributed by atoms with E-state index in [4.69, 9.17) is 0 Å². The monoisotopic (exact) mass is 357 g/mol. The third kappa shape index (κ3) is 2.81. The molecule has 7 nitrogen and oxygen atoms in total. The van der Waals surface area contributed by atoms with E-state index < -0.39 is 11.5 Å². The molecule has 0 aromatic carbocycles. The first-order chi connectivity index (χ1) is 12.1. The van der Waals surface area contributed by atoms with E-state index in [-0.39, 0.29) is 6.42 Å². The molecule has 8 heteroatoms. The number of aromatic nitrogens is 4. The third-order valence-electron chi connectivity index (χ3n) is 4.56. The van der Waals surface area contributed by atoms with Gasteiger partial charge in [-0.1, -0.05) is 18.9 Å². The smallest absolute Gasteiger partial charge is 0.305 e. The van der Waals surface area contributed by atoms with Crippen molar-refractivity contribution in [3.63, 3.8) is 0 Å². The van der Waals surface area contributed by atoms with Gasteiger partial charge in [0.15, 0.2) is 0 Å². The number of hydrogen-bond acceptors (Lipinski definition) is 5. The zero-order valence-corrected chi connectivity index (χ0v) is 14.7. The van der Waals surface area contributed by atoms with Crippen molar-refractivity contribution in [1.29, 1.82) is 0 Å². The van der Waals surface area contributed by atoms with E-state index >= 15 is 0 Å². The number of carbonyl (C=O) groups is 1. The standard InChI is InChI=1S/C17H19N5O2S/c1-2-25-21-10-17(11-21,6-15(23)24)22-9-12(7-20-22)14-8-19-16-13(14)4-3-5-18-16/h3-5,7-9H,2,6,10-11H2,1H3,(H,18,19)(H,23,24). The lowest BCUT2D eigenvalue weighted by Crippen LogP contribution is -2.61. The van der Waals surface area contributed by atoms with Gasteiger partial charge < -0.3 is 10.1 Å². The first kappa shape index (κ1) is 16.2. The van der Waals surface area contributed by atoms with Crippen LogP contribution in [0, 0.1) is 0 Å². The van der Waals surface area contributed by atoms with E-state index in [1.807, 2.05) is 29.2 Å². The van der Waals surface area contributed by atoms with Gasteiger partial charge in [0.1, 0.15) is 11.2 Å². The lowest BCUT2D eigenvalue weighted by Gasteiger charge is -2.48. The Balaban J connectivity index is 1.66. The van der Waals surface area contributed by atoms with Gasteiger partial charge in [0, 0.05) is 53.9 Å². The number of aromatic amines is 1. The summed E-state index contributed by atoms with van der Waals surface area (Å²) in [6.07, 6.45) is 7.50. The highest BCUT2D eigenvalue weighted by Gasteiger charge is 2.47. The molecule has 0 saturated carbocycles. The van der Waals surface area contributed by atoms with Crippen molar-refractivity contribution in [3.05, 3.63) is 36.9 Å². The Hall–Kier alpha value is -2.32. The van der Waals surface area contributed by atoms with Crippen LogP contribution in [0.5, 0.6) is 0 Å². The predicted octanol–water partition coefficient (Wildman–Crippen LogP) is 2.58. The summed E-state index contributed by atoms with van der Waals surface area (Å²) in [6.45, 7) is 3.47. The Labute approximate surface area is 149 Å². The number of pyridine rings is 1. The molecule has 0 bridgehead atoms. The van der Waals surface area contributed by atoms with E-state index in [2.05, 4.69) is 26.3 Å². The van der Waals surface area contributed by atoms with Gasteiger partial charge >= 0.3 is 5.97 Å². The molecular formula is C17H19N5O2S. The minimum absolute atomic E-state index is 0.0737. The highest BCUT2D eigenvalue weighted by molar-refractivity contribution is 7.97. The molecular weight excluding hydrogens is 338 g/mol. The minimum atomic E-state index is -0.797. The summed E-state index contributed by atoms with van der Waals surface area (Å²) < 4.78 is 4.03. The molecule has 0 amide bonds. The summed E-state index contributed by atoms with van der Waals surface area (Å²) in [5.41, 5.74) is 2.35. The summed E-state index contributed by atoms with van der Waals surface area (Å²) in [4.78, 5) is 18.9. The maximum Gasteiger partial charge on any atom is 0.305 e. The molecule has 2 N–H and O–H groups in total. The van der Waals surface area contributed by atoms with Gasteiger partial charge in [-0.2, -0.15) is 5.10 Å². The molecule has 3 aromatic rings. The number of hydrogen-bond donors (Lipinski definition) is 2. The average molecular weight is 357 g/mol. The van der Waals surface area contributed by atoms with Crippen LogP contribution in [0.3, 0.4) is 0 Å². The average Bonchev–Trinajstić information content (AvgIpc) is 3.19. The lowest BCUT2D eigenvalue weighted by atomic mass is 9.88. The van der Waals surface area contributed by atoms with Crippen LogP contribution < -0.4 is 0 Å². The second-order valence-corrected chi connectivity index (χ2v) is 7.64. The molecule has 0 spiro atoms. The largest absolute Gasteiger partial charge is 0.481 e. The van der Waals surface area contributed by atoms with Crippen molar-refractivity contribution in [2.45, 2.75) is 18.9 Å². The highest BCUT2D eigenvalue weighted by atomic mass is 32.2. The Morgan fingerprint density at radius 2 is 2.32 bits per heavy atom. The first-order valence-electron chi connectivity index (χ1n) is 8.18. The van der Waals surface area contributed by atoms with E-state index in [1.54, 1.807) is 24.3 Å². The number of fused-ring (bicyclic) bond motifs is 1. The molecule has 25 heavy (non-hydrogen) atoms. The Kier molecular flexibility index (Phi) is 4.01. The quantitative estimate of drug-likeness (QED) is 0.660. The number of nitrogens with one attached hydrogen (secondary N) is 1. The Morgan fingerprint density at radius 3 is 3.08 bits per heavy atom. The van der Waals surface area contributed by atoms with Crippen LogP contribution >= 0.6 is 11.9 Å². The van der Waals surface area contributed by atoms with Crippen LogP contribution in [0.25, 0.3) is 22.2 Å². The highest BCUT2D eigenvalue weighted by Crippen LogP contribution is 2.38. The van der Waals surface area contributed by atoms with Crippen LogP contribution in [0.1, 0.15) is 13.3 Å². The van der Waals surface area contributed by atoms with Crippen molar-refractivity contribution >= 4 is 29.0 Å². The number of aliphatic carboxylic acids is 1. The maximum absolute atomic E-state index is 11.4. The zero-order chi connectivity index (χ0) is 17.4. The summed E-state index contributed by atoms with van der Waals surface area (Å²) >= 11 is 1.73. The van der Waals surface area contributed by atoms with Crippen LogP contribution in [-0.4, -0.2) is 54.0 Å². The summed E-state index contributed by atoms with van der Waals surface area (Å²) in [5, 5.41) is 14.9. The van der Waals surface area contributed by atoms with E-state index in [9.17, 15) is 9.90 Å². The van der Waals surface area contributed by atoms with Crippen molar-refractivity contribution in [3.8, 4) is 11.1 Å². The molecule has 4 heterocycles. The van der Waals surface area contributed by atoms with Crippen molar-refractivity contribution < 1.29 is 9.90 Å². The Morgan fingerprint density at radius 1 is 1.48 bits per heavy atom. The number of rotatable bonds is 6. The fourth-order valence-electron chi connectivity index (χ4n) is 3.42. The molecule has 3 aromatic heterocycles. The van der Waals surface area contributed by atoms with Gasteiger partial charge in [-0.15, -0.1) is 0 Å². The molecule has 0 aliphatic carbocycles. The predicted molar refractivity (Wildman–Crippen MR) is 97.2 cm³/mol. The maximum atomic E-state index is 11.4. The molecule has 4 rings (SSSR count). The Bertz CT molecular complexity index is 913. The summed E-state index contributed by atoms with van der Waals surface area (Å²) in [7, 11) is 0. The molecule has 1 saturated heterocycles. The minimum Gasteiger partial charge on any atom is -0.481 e. The summed E-state index contributed by atoms with van der Waals surface area (Å²) in [6, 6.07) is 3.92. The van der Waals surface area contributed by atoms with Gasteiger partial charge in [0.2, 0.25) is 0 Å². The topological polar surface area (TPSA) is 87.0 Å².